The summed E-state index contributed by atoms with van der Waals surface area (Å²) in [6, 6.07) is 24.2. The third-order valence-corrected chi connectivity index (χ3v) is 6.84. The summed E-state index contributed by atoms with van der Waals surface area (Å²) in [5.74, 6) is 1.83. The van der Waals surface area contributed by atoms with Crippen molar-refractivity contribution < 1.29 is 19.0 Å². The number of carbonyl (C=O) groups is 1. The fourth-order valence-corrected chi connectivity index (χ4v) is 4.67. The summed E-state index contributed by atoms with van der Waals surface area (Å²) in [5.41, 5.74) is 3.03. The highest BCUT2D eigenvalue weighted by molar-refractivity contribution is 6.30. The van der Waals surface area contributed by atoms with Gasteiger partial charge in [0, 0.05) is 23.7 Å². The van der Waals surface area contributed by atoms with Crippen molar-refractivity contribution in [1.82, 2.24) is 14.7 Å². The Morgan fingerprint density at radius 2 is 1.76 bits per heavy atom. The summed E-state index contributed by atoms with van der Waals surface area (Å²) in [6.45, 7) is 3.43. The van der Waals surface area contributed by atoms with E-state index < -0.39 is 0 Å². The van der Waals surface area contributed by atoms with Crippen molar-refractivity contribution >= 4 is 17.5 Å². The highest BCUT2D eigenvalue weighted by Gasteiger charge is 2.28. The summed E-state index contributed by atoms with van der Waals surface area (Å²) in [4.78, 5) is 15.5. The molecular weight excluding hydrogens is 502 g/mol. The highest BCUT2D eigenvalue weighted by atomic mass is 35.5. The van der Waals surface area contributed by atoms with Crippen LogP contribution < -0.4 is 9.47 Å². The predicted octanol–water partition coefficient (Wildman–Crippen LogP) is 6.46. The van der Waals surface area contributed by atoms with Gasteiger partial charge in [0.05, 0.1) is 36.7 Å². The number of rotatable bonds is 9. The lowest BCUT2D eigenvalue weighted by Crippen LogP contribution is -2.37. The minimum absolute atomic E-state index is 0.0123. The molecule has 0 bridgehead atoms. The number of carbonyl (C=O) groups excluding carboxylic acids is 1. The lowest BCUT2D eigenvalue weighted by atomic mass is 10.1. The second-order valence-electron chi connectivity index (χ2n) is 9.22. The number of para-hydroxylation sites is 1. The number of halogens is 1. The van der Waals surface area contributed by atoms with Crippen LogP contribution in [-0.4, -0.2) is 47.0 Å². The fraction of sp³-hybridized carbons (Fsp3) is 0.267. The van der Waals surface area contributed by atoms with Gasteiger partial charge in [-0.25, -0.2) is 4.68 Å². The van der Waals surface area contributed by atoms with E-state index in [4.69, 9.17) is 30.9 Å². The van der Waals surface area contributed by atoms with Gasteiger partial charge in [-0.15, -0.1) is 0 Å². The molecule has 1 fully saturated rings. The van der Waals surface area contributed by atoms with E-state index in [-0.39, 0.29) is 12.0 Å². The minimum atomic E-state index is -0.0978. The average Bonchev–Trinajstić information content (AvgIpc) is 3.57. The molecule has 38 heavy (non-hydrogen) atoms. The van der Waals surface area contributed by atoms with Crippen molar-refractivity contribution in [1.29, 1.82) is 0 Å². The number of ether oxygens (including phenoxy) is 3. The molecule has 2 heterocycles. The Kier molecular flexibility index (Phi) is 7.96. The molecule has 196 valence electrons. The van der Waals surface area contributed by atoms with Crippen molar-refractivity contribution in [2.24, 2.45) is 0 Å². The van der Waals surface area contributed by atoms with E-state index in [0.29, 0.717) is 41.9 Å². The van der Waals surface area contributed by atoms with Crippen molar-refractivity contribution in [3.8, 4) is 23.1 Å². The van der Waals surface area contributed by atoms with E-state index in [9.17, 15) is 4.79 Å². The minimum Gasteiger partial charge on any atom is -0.497 e. The average molecular weight is 532 g/mol. The molecule has 8 heteroatoms. The zero-order valence-electron chi connectivity index (χ0n) is 21.5. The van der Waals surface area contributed by atoms with Gasteiger partial charge in [0.15, 0.2) is 0 Å². The maximum absolute atomic E-state index is 13.7. The SMILES string of the molecule is COc1ccc(Oc2c(CN(C[C@@H]3CCCO3)C(=O)c3ccc(Cl)cc3)c(C)nn2-c2ccccc2)cc1. The Labute approximate surface area is 227 Å². The number of amides is 1. The number of hydrogen-bond acceptors (Lipinski definition) is 5. The topological polar surface area (TPSA) is 65.8 Å². The lowest BCUT2D eigenvalue weighted by molar-refractivity contribution is 0.0505. The van der Waals surface area contributed by atoms with Gasteiger partial charge in [-0.3, -0.25) is 4.79 Å². The molecule has 1 aliphatic rings. The zero-order valence-corrected chi connectivity index (χ0v) is 22.2. The largest absolute Gasteiger partial charge is 0.497 e. The maximum Gasteiger partial charge on any atom is 0.254 e. The van der Waals surface area contributed by atoms with E-state index in [0.717, 1.165) is 35.5 Å². The first-order valence-corrected chi connectivity index (χ1v) is 13.0. The van der Waals surface area contributed by atoms with E-state index in [1.807, 2.05) is 66.4 Å². The first-order valence-electron chi connectivity index (χ1n) is 12.6. The van der Waals surface area contributed by atoms with Gasteiger partial charge in [-0.05, 0) is 80.4 Å². The van der Waals surface area contributed by atoms with Crippen LogP contribution in [0.5, 0.6) is 17.4 Å². The Bertz CT molecular complexity index is 1370. The van der Waals surface area contributed by atoms with Crippen LogP contribution in [0, 0.1) is 6.92 Å². The summed E-state index contributed by atoms with van der Waals surface area (Å²) in [5, 5.41) is 5.41. The van der Waals surface area contributed by atoms with Gasteiger partial charge in [-0.1, -0.05) is 29.8 Å². The highest BCUT2D eigenvalue weighted by Crippen LogP contribution is 2.33. The van der Waals surface area contributed by atoms with Crippen LogP contribution in [0.25, 0.3) is 5.69 Å². The Balaban J connectivity index is 1.53. The van der Waals surface area contributed by atoms with Crippen molar-refractivity contribution in [3.05, 3.63) is 101 Å². The standard InChI is InChI=1S/C30H30ClN3O4/c1-21-28(20-33(19-27-9-6-18-37-27)29(35)22-10-12-23(31)13-11-22)30(34(32-21)24-7-4-3-5-8-24)38-26-16-14-25(36-2)15-17-26/h3-5,7-8,10-17,27H,6,9,18-20H2,1-2H3/t27-/m0/s1. The summed E-state index contributed by atoms with van der Waals surface area (Å²) < 4.78 is 19.4. The van der Waals surface area contributed by atoms with E-state index in [2.05, 4.69) is 0 Å². The summed E-state index contributed by atoms with van der Waals surface area (Å²) in [7, 11) is 1.63. The lowest BCUT2D eigenvalue weighted by Gasteiger charge is -2.26. The molecule has 0 N–H and O–H groups in total. The second kappa shape index (κ2) is 11.7. The van der Waals surface area contributed by atoms with Gasteiger partial charge < -0.3 is 19.1 Å². The first-order chi connectivity index (χ1) is 18.5. The zero-order chi connectivity index (χ0) is 26.5. The third-order valence-electron chi connectivity index (χ3n) is 6.59. The van der Waals surface area contributed by atoms with Crippen LogP contribution in [0.15, 0.2) is 78.9 Å². The molecule has 1 aromatic heterocycles. The predicted molar refractivity (Wildman–Crippen MR) is 147 cm³/mol. The number of benzene rings is 3. The number of hydrogen-bond donors (Lipinski definition) is 0. The molecule has 5 rings (SSSR count). The van der Waals surface area contributed by atoms with Crippen LogP contribution >= 0.6 is 11.6 Å². The Morgan fingerprint density at radius 1 is 1.05 bits per heavy atom. The molecule has 1 aliphatic heterocycles. The van der Waals surface area contributed by atoms with E-state index >= 15 is 0 Å². The molecule has 0 unspecified atom stereocenters. The smallest absolute Gasteiger partial charge is 0.254 e. The Morgan fingerprint density at radius 3 is 2.42 bits per heavy atom. The van der Waals surface area contributed by atoms with Crippen LogP contribution in [0.1, 0.15) is 34.5 Å². The number of aromatic nitrogens is 2. The van der Waals surface area contributed by atoms with Gasteiger partial charge in [-0.2, -0.15) is 5.10 Å². The molecule has 7 nitrogen and oxygen atoms in total. The number of nitrogens with zero attached hydrogens (tertiary/aromatic N) is 3. The third kappa shape index (κ3) is 5.85. The maximum atomic E-state index is 13.7. The molecule has 1 amide bonds. The first kappa shape index (κ1) is 25.8. The molecule has 1 saturated heterocycles. The van der Waals surface area contributed by atoms with E-state index in [1.165, 1.54) is 0 Å². The number of methoxy groups -OCH3 is 1. The van der Waals surface area contributed by atoms with Crippen LogP contribution in [0.3, 0.4) is 0 Å². The molecule has 0 saturated carbocycles. The monoisotopic (exact) mass is 531 g/mol. The van der Waals surface area contributed by atoms with Gasteiger partial charge >= 0.3 is 0 Å². The fourth-order valence-electron chi connectivity index (χ4n) is 4.54. The van der Waals surface area contributed by atoms with Crippen LogP contribution in [0.4, 0.5) is 0 Å². The van der Waals surface area contributed by atoms with Gasteiger partial charge in [0.25, 0.3) is 5.91 Å². The van der Waals surface area contributed by atoms with Crippen molar-refractivity contribution in [2.75, 3.05) is 20.3 Å². The molecule has 0 aliphatic carbocycles. The van der Waals surface area contributed by atoms with Crippen molar-refractivity contribution in [2.45, 2.75) is 32.4 Å². The van der Waals surface area contributed by atoms with Gasteiger partial charge in [0.2, 0.25) is 5.88 Å². The molecule has 4 aromatic rings. The number of aryl methyl sites for hydroxylation is 1. The quantitative estimate of drug-likeness (QED) is 0.248. The van der Waals surface area contributed by atoms with Crippen LogP contribution in [-0.2, 0) is 11.3 Å². The normalized spacial score (nSPS) is 14.9. The van der Waals surface area contributed by atoms with Crippen LogP contribution in [0.2, 0.25) is 5.02 Å². The van der Waals surface area contributed by atoms with Crippen molar-refractivity contribution in [3.63, 3.8) is 0 Å². The molecular formula is C30H30ClN3O4. The summed E-state index contributed by atoms with van der Waals surface area (Å²) >= 11 is 6.08. The Hall–Kier alpha value is -3.81. The molecule has 0 spiro atoms. The second-order valence-corrected chi connectivity index (χ2v) is 9.66. The molecule has 3 aromatic carbocycles. The summed E-state index contributed by atoms with van der Waals surface area (Å²) in [6.07, 6.45) is 1.90. The van der Waals surface area contributed by atoms with Gasteiger partial charge in [0.1, 0.15) is 11.5 Å². The molecule has 1 atom stereocenters. The van der Waals surface area contributed by atoms with E-state index in [1.54, 1.807) is 36.1 Å². The molecule has 0 radical (unpaired) electrons.